The molecule has 1 aromatic carbocycles. The van der Waals surface area contributed by atoms with Crippen LogP contribution in [0, 0.1) is 12.8 Å². The Balaban J connectivity index is 1.48. The second-order valence-corrected chi connectivity index (χ2v) is 8.49. The predicted molar refractivity (Wildman–Crippen MR) is 116 cm³/mol. The number of hydrogen-bond donors (Lipinski definition) is 1. The summed E-state index contributed by atoms with van der Waals surface area (Å²) in [5.41, 5.74) is 3.15. The highest BCUT2D eigenvalue weighted by molar-refractivity contribution is 5.99. The van der Waals surface area contributed by atoms with Crippen LogP contribution < -0.4 is 15.0 Å². The molecule has 0 bridgehead atoms. The van der Waals surface area contributed by atoms with Gasteiger partial charge in [-0.3, -0.25) is 9.59 Å². The van der Waals surface area contributed by atoms with E-state index in [2.05, 4.69) is 9.97 Å². The zero-order valence-corrected chi connectivity index (χ0v) is 18.2. The van der Waals surface area contributed by atoms with Crippen LogP contribution in [0.1, 0.15) is 39.9 Å². The number of carbonyl (C=O) groups is 1. The fourth-order valence-electron chi connectivity index (χ4n) is 5.18. The van der Waals surface area contributed by atoms with Crippen molar-refractivity contribution < 1.29 is 14.3 Å². The largest absolute Gasteiger partial charge is 0.493 e. The van der Waals surface area contributed by atoms with E-state index >= 15 is 0 Å². The van der Waals surface area contributed by atoms with Crippen LogP contribution in [0.3, 0.4) is 0 Å². The number of likely N-dealkylation sites (tertiary alicyclic amines) is 1. The van der Waals surface area contributed by atoms with E-state index in [1.807, 2.05) is 34.7 Å². The van der Waals surface area contributed by atoms with Gasteiger partial charge in [0.1, 0.15) is 11.5 Å². The number of aryl methyl sites for hydroxylation is 2. The number of rotatable bonds is 3. The predicted octanol–water partition coefficient (Wildman–Crippen LogP) is 2.39. The van der Waals surface area contributed by atoms with Crippen LogP contribution in [0.25, 0.3) is 10.9 Å². The SMILES string of the molecule is COc1cc2cc(C(=O)N3C[C@H]4CCc5c(nc(C)[nH]c5=O)[C@H]4C3)n(C)c2cc1OC. The van der Waals surface area contributed by atoms with E-state index in [-0.39, 0.29) is 17.4 Å². The third-order valence-corrected chi connectivity index (χ3v) is 6.78. The van der Waals surface area contributed by atoms with Gasteiger partial charge in [0.2, 0.25) is 0 Å². The number of H-pyrrole nitrogens is 1. The minimum Gasteiger partial charge on any atom is -0.493 e. The maximum absolute atomic E-state index is 13.5. The van der Waals surface area contributed by atoms with Gasteiger partial charge in [0.25, 0.3) is 11.5 Å². The summed E-state index contributed by atoms with van der Waals surface area (Å²) < 4.78 is 12.7. The molecule has 2 aromatic heterocycles. The molecule has 1 amide bonds. The molecule has 3 aromatic rings. The van der Waals surface area contributed by atoms with Crippen molar-refractivity contribution in [1.82, 2.24) is 19.4 Å². The average molecular weight is 422 g/mol. The van der Waals surface area contributed by atoms with Gasteiger partial charge < -0.3 is 23.9 Å². The van der Waals surface area contributed by atoms with E-state index in [0.29, 0.717) is 42.0 Å². The Hall–Kier alpha value is -3.29. The van der Waals surface area contributed by atoms with Gasteiger partial charge in [0.15, 0.2) is 11.5 Å². The standard InChI is InChI=1S/C23H26N4O4/c1-12-24-21-15(22(28)25-12)6-5-13-10-27(11-16(13)21)23(29)18-7-14-8-19(30-3)20(31-4)9-17(14)26(18)2/h7-9,13,16H,5-6,10-11H2,1-4H3,(H,24,25,28)/t13-,16+/m1/s1. The topological polar surface area (TPSA) is 89.5 Å². The summed E-state index contributed by atoms with van der Waals surface area (Å²) in [6.07, 6.45) is 1.62. The van der Waals surface area contributed by atoms with E-state index in [9.17, 15) is 9.59 Å². The number of benzene rings is 1. The van der Waals surface area contributed by atoms with Gasteiger partial charge in [0, 0.05) is 43.1 Å². The van der Waals surface area contributed by atoms with Crippen LogP contribution in [0.15, 0.2) is 23.0 Å². The average Bonchev–Trinajstić information content (AvgIpc) is 3.33. The lowest BCUT2D eigenvalue weighted by atomic mass is 9.80. The Bertz CT molecular complexity index is 1260. The van der Waals surface area contributed by atoms with E-state index in [4.69, 9.17) is 9.47 Å². The molecule has 1 saturated heterocycles. The number of carbonyl (C=O) groups excluding carboxylic acids is 1. The number of ether oxygens (including phenoxy) is 2. The first kappa shape index (κ1) is 19.7. The van der Waals surface area contributed by atoms with Crippen LogP contribution in [0.2, 0.25) is 0 Å². The van der Waals surface area contributed by atoms with E-state index in [1.165, 1.54) is 0 Å². The molecule has 8 nitrogen and oxygen atoms in total. The molecular formula is C23H26N4O4. The molecule has 31 heavy (non-hydrogen) atoms. The Labute approximate surface area is 179 Å². The summed E-state index contributed by atoms with van der Waals surface area (Å²) in [5, 5.41) is 0.925. The molecule has 2 atom stereocenters. The Morgan fingerprint density at radius 2 is 1.90 bits per heavy atom. The van der Waals surface area contributed by atoms with Crippen LogP contribution in [-0.4, -0.2) is 52.7 Å². The molecular weight excluding hydrogens is 396 g/mol. The number of aromatic nitrogens is 3. The van der Waals surface area contributed by atoms with Crippen molar-refractivity contribution in [3.8, 4) is 11.5 Å². The molecule has 3 heterocycles. The zero-order valence-electron chi connectivity index (χ0n) is 18.2. The molecule has 0 saturated carbocycles. The van der Waals surface area contributed by atoms with Crippen molar-refractivity contribution in [1.29, 1.82) is 0 Å². The van der Waals surface area contributed by atoms with Gasteiger partial charge in [-0.05, 0) is 37.8 Å². The summed E-state index contributed by atoms with van der Waals surface area (Å²) in [6, 6.07) is 5.69. The number of nitrogens with zero attached hydrogens (tertiary/aromatic N) is 3. The van der Waals surface area contributed by atoms with Crippen molar-refractivity contribution in [2.24, 2.45) is 13.0 Å². The molecule has 162 valence electrons. The quantitative estimate of drug-likeness (QED) is 0.700. The number of fused-ring (bicyclic) bond motifs is 4. The van der Waals surface area contributed by atoms with E-state index in [1.54, 1.807) is 21.1 Å². The molecule has 0 spiro atoms. The summed E-state index contributed by atoms with van der Waals surface area (Å²) in [7, 11) is 5.09. The summed E-state index contributed by atoms with van der Waals surface area (Å²) >= 11 is 0. The Kier molecular flexibility index (Phi) is 4.53. The second-order valence-electron chi connectivity index (χ2n) is 8.49. The molecule has 0 radical (unpaired) electrons. The number of methoxy groups -OCH3 is 2. The normalized spacial score (nSPS) is 19.9. The highest BCUT2D eigenvalue weighted by Crippen LogP contribution is 2.40. The van der Waals surface area contributed by atoms with Crippen molar-refractivity contribution in [3.05, 3.63) is 51.3 Å². The molecule has 1 fully saturated rings. The minimum absolute atomic E-state index is 0.00542. The molecule has 5 rings (SSSR count). The zero-order chi connectivity index (χ0) is 21.9. The number of aromatic amines is 1. The van der Waals surface area contributed by atoms with E-state index < -0.39 is 0 Å². The van der Waals surface area contributed by atoms with Gasteiger partial charge in [0.05, 0.1) is 25.4 Å². The molecule has 8 heteroatoms. The third-order valence-electron chi connectivity index (χ3n) is 6.78. The highest BCUT2D eigenvalue weighted by Gasteiger charge is 2.41. The Morgan fingerprint density at radius 3 is 2.65 bits per heavy atom. The van der Waals surface area contributed by atoms with Crippen molar-refractivity contribution >= 4 is 16.8 Å². The summed E-state index contributed by atoms with van der Waals surface area (Å²) in [5.74, 6) is 2.34. The Morgan fingerprint density at radius 1 is 1.16 bits per heavy atom. The minimum atomic E-state index is -0.0395. The lowest BCUT2D eigenvalue weighted by molar-refractivity contribution is 0.0777. The van der Waals surface area contributed by atoms with Gasteiger partial charge in [-0.25, -0.2) is 4.98 Å². The maximum atomic E-state index is 13.5. The molecule has 1 N–H and O–H groups in total. The monoisotopic (exact) mass is 422 g/mol. The third kappa shape index (κ3) is 3.00. The first-order chi connectivity index (χ1) is 14.9. The maximum Gasteiger partial charge on any atom is 0.270 e. The second kappa shape index (κ2) is 7.14. The fourth-order valence-corrected chi connectivity index (χ4v) is 5.18. The van der Waals surface area contributed by atoms with Crippen LogP contribution in [-0.2, 0) is 13.5 Å². The van der Waals surface area contributed by atoms with E-state index in [0.717, 1.165) is 35.0 Å². The van der Waals surface area contributed by atoms with Gasteiger partial charge in [-0.1, -0.05) is 0 Å². The lowest BCUT2D eigenvalue weighted by Crippen LogP contribution is -2.30. The molecule has 0 unspecified atom stereocenters. The smallest absolute Gasteiger partial charge is 0.270 e. The number of amides is 1. The summed E-state index contributed by atoms with van der Waals surface area (Å²) in [4.78, 5) is 35.2. The molecule has 2 aliphatic rings. The lowest BCUT2D eigenvalue weighted by Gasteiger charge is -2.25. The number of nitrogens with one attached hydrogen (secondary N) is 1. The molecule has 1 aliphatic heterocycles. The highest BCUT2D eigenvalue weighted by atomic mass is 16.5. The van der Waals surface area contributed by atoms with Gasteiger partial charge in [-0.2, -0.15) is 0 Å². The van der Waals surface area contributed by atoms with Crippen molar-refractivity contribution in [2.75, 3.05) is 27.3 Å². The van der Waals surface area contributed by atoms with Gasteiger partial charge in [-0.15, -0.1) is 0 Å². The van der Waals surface area contributed by atoms with Crippen LogP contribution in [0.5, 0.6) is 11.5 Å². The van der Waals surface area contributed by atoms with Crippen LogP contribution >= 0.6 is 0 Å². The van der Waals surface area contributed by atoms with Crippen molar-refractivity contribution in [3.63, 3.8) is 0 Å². The first-order valence-electron chi connectivity index (χ1n) is 10.5. The number of hydrogen-bond acceptors (Lipinski definition) is 5. The van der Waals surface area contributed by atoms with Crippen molar-refractivity contribution in [2.45, 2.75) is 25.7 Å². The molecule has 1 aliphatic carbocycles. The van der Waals surface area contributed by atoms with Crippen LogP contribution in [0.4, 0.5) is 0 Å². The fraction of sp³-hybridized carbons (Fsp3) is 0.435. The summed E-state index contributed by atoms with van der Waals surface area (Å²) in [6.45, 7) is 3.08. The van der Waals surface area contributed by atoms with Gasteiger partial charge >= 0.3 is 0 Å². The first-order valence-corrected chi connectivity index (χ1v) is 10.5.